The van der Waals surface area contributed by atoms with Crippen LogP contribution in [0.1, 0.15) is 18.4 Å². The van der Waals surface area contributed by atoms with Crippen LogP contribution in [0.4, 0.5) is 10.1 Å². The van der Waals surface area contributed by atoms with Crippen LogP contribution in [0, 0.1) is 11.7 Å². The Morgan fingerprint density at radius 2 is 1.89 bits per heavy atom. The van der Waals surface area contributed by atoms with E-state index >= 15 is 0 Å². The molecule has 0 saturated carbocycles. The Bertz CT molecular complexity index is 810. The average Bonchev–Trinajstić information content (AvgIpc) is 2.70. The molecule has 2 aromatic carbocycles. The SMILES string of the molecule is O=C(Nc1ccc2c(c1)OCCO2)[C@H]1CCCN(Cc2ccc(F)cc2)C1. The maximum atomic E-state index is 13.1. The Kier molecular flexibility index (Phi) is 5.25. The predicted molar refractivity (Wildman–Crippen MR) is 100 cm³/mol. The Morgan fingerprint density at radius 1 is 1.11 bits per heavy atom. The van der Waals surface area contributed by atoms with E-state index in [1.807, 2.05) is 18.2 Å². The first kappa shape index (κ1) is 17.8. The van der Waals surface area contributed by atoms with Gasteiger partial charge in [0.25, 0.3) is 0 Å². The zero-order chi connectivity index (χ0) is 18.6. The van der Waals surface area contributed by atoms with Crippen LogP contribution in [-0.2, 0) is 11.3 Å². The number of ether oxygens (including phenoxy) is 2. The molecule has 1 fully saturated rings. The van der Waals surface area contributed by atoms with Crippen molar-refractivity contribution in [1.82, 2.24) is 4.90 Å². The molecule has 1 N–H and O–H groups in total. The molecule has 142 valence electrons. The molecule has 0 aliphatic carbocycles. The molecule has 2 aromatic rings. The van der Waals surface area contributed by atoms with Gasteiger partial charge in [0.05, 0.1) is 5.92 Å². The third-order valence-corrected chi connectivity index (χ3v) is 5.01. The van der Waals surface area contributed by atoms with Crippen molar-refractivity contribution in [1.29, 1.82) is 0 Å². The van der Waals surface area contributed by atoms with E-state index in [4.69, 9.17) is 9.47 Å². The standard InChI is InChI=1S/C21H23FN2O3/c22-17-5-3-15(4-6-17)13-24-9-1-2-16(14-24)21(25)23-18-7-8-19-20(12-18)27-11-10-26-19/h3-8,12,16H,1-2,9-11,13-14H2,(H,23,25)/t16-/m0/s1. The monoisotopic (exact) mass is 370 g/mol. The third kappa shape index (κ3) is 4.39. The number of hydrogen-bond acceptors (Lipinski definition) is 4. The van der Waals surface area contributed by atoms with Gasteiger partial charge in [-0.15, -0.1) is 0 Å². The molecule has 5 nitrogen and oxygen atoms in total. The molecule has 6 heteroatoms. The van der Waals surface area contributed by atoms with E-state index in [0.29, 0.717) is 31.3 Å². The molecule has 1 amide bonds. The minimum Gasteiger partial charge on any atom is -0.486 e. The summed E-state index contributed by atoms with van der Waals surface area (Å²) in [6.45, 7) is 3.45. The second-order valence-corrected chi connectivity index (χ2v) is 7.05. The zero-order valence-corrected chi connectivity index (χ0v) is 15.1. The first-order valence-corrected chi connectivity index (χ1v) is 9.35. The van der Waals surface area contributed by atoms with Gasteiger partial charge in [-0.3, -0.25) is 9.69 Å². The summed E-state index contributed by atoms with van der Waals surface area (Å²) in [5.74, 6) is 1.11. The fourth-order valence-corrected chi connectivity index (χ4v) is 3.63. The number of rotatable bonds is 4. The van der Waals surface area contributed by atoms with Gasteiger partial charge in [0, 0.05) is 24.8 Å². The molecular weight excluding hydrogens is 347 g/mol. The molecule has 4 rings (SSSR count). The van der Waals surface area contributed by atoms with Crippen LogP contribution in [0.25, 0.3) is 0 Å². The summed E-state index contributed by atoms with van der Waals surface area (Å²) < 4.78 is 24.1. The molecule has 2 aliphatic heterocycles. The number of piperidine rings is 1. The summed E-state index contributed by atoms with van der Waals surface area (Å²) >= 11 is 0. The zero-order valence-electron chi connectivity index (χ0n) is 15.1. The highest BCUT2D eigenvalue weighted by molar-refractivity contribution is 5.93. The van der Waals surface area contributed by atoms with Crippen LogP contribution in [0.2, 0.25) is 0 Å². The normalized spacial score (nSPS) is 19.5. The first-order valence-electron chi connectivity index (χ1n) is 9.35. The van der Waals surface area contributed by atoms with Gasteiger partial charge in [-0.05, 0) is 49.2 Å². The molecule has 0 spiro atoms. The molecule has 0 aromatic heterocycles. The Labute approximate surface area is 158 Å². The van der Waals surface area contributed by atoms with Gasteiger partial charge in [-0.1, -0.05) is 12.1 Å². The van der Waals surface area contributed by atoms with Crippen LogP contribution in [0.15, 0.2) is 42.5 Å². The Balaban J connectivity index is 1.36. The summed E-state index contributed by atoms with van der Waals surface area (Å²) in [5, 5.41) is 3.00. The lowest BCUT2D eigenvalue weighted by atomic mass is 9.96. The highest BCUT2D eigenvalue weighted by Gasteiger charge is 2.26. The van der Waals surface area contributed by atoms with Gasteiger partial charge in [-0.2, -0.15) is 0 Å². The highest BCUT2D eigenvalue weighted by atomic mass is 19.1. The lowest BCUT2D eigenvalue weighted by Gasteiger charge is -2.32. The van der Waals surface area contributed by atoms with Crippen LogP contribution in [0.5, 0.6) is 11.5 Å². The summed E-state index contributed by atoms with van der Waals surface area (Å²) in [7, 11) is 0. The van der Waals surface area contributed by atoms with Crippen molar-refractivity contribution in [2.24, 2.45) is 5.92 Å². The number of anilines is 1. The van der Waals surface area contributed by atoms with E-state index in [9.17, 15) is 9.18 Å². The van der Waals surface area contributed by atoms with Crippen molar-refractivity contribution in [3.63, 3.8) is 0 Å². The minimum atomic E-state index is -0.228. The van der Waals surface area contributed by atoms with Gasteiger partial charge in [-0.25, -0.2) is 4.39 Å². The number of nitrogens with one attached hydrogen (secondary N) is 1. The third-order valence-electron chi connectivity index (χ3n) is 5.01. The van der Waals surface area contributed by atoms with Crippen molar-refractivity contribution >= 4 is 11.6 Å². The molecule has 0 unspecified atom stereocenters. The van der Waals surface area contributed by atoms with Gasteiger partial charge in [0.15, 0.2) is 11.5 Å². The van der Waals surface area contributed by atoms with Gasteiger partial charge >= 0.3 is 0 Å². The number of fused-ring (bicyclic) bond motifs is 1. The molecule has 2 aliphatic rings. The number of carbonyl (C=O) groups is 1. The van der Waals surface area contributed by atoms with Crippen molar-refractivity contribution in [3.8, 4) is 11.5 Å². The summed E-state index contributed by atoms with van der Waals surface area (Å²) in [6, 6.07) is 12.0. The quantitative estimate of drug-likeness (QED) is 0.896. The smallest absolute Gasteiger partial charge is 0.228 e. The summed E-state index contributed by atoms with van der Waals surface area (Å²) in [5.41, 5.74) is 1.78. The van der Waals surface area contributed by atoms with Crippen molar-refractivity contribution in [2.45, 2.75) is 19.4 Å². The predicted octanol–water partition coefficient (Wildman–Crippen LogP) is 3.45. The van der Waals surface area contributed by atoms with E-state index in [1.54, 1.807) is 12.1 Å². The first-order chi connectivity index (χ1) is 13.2. The summed E-state index contributed by atoms with van der Waals surface area (Å²) in [6.07, 6.45) is 1.84. The largest absolute Gasteiger partial charge is 0.486 e. The maximum Gasteiger partial charge on any atom is 0.228 e. The second kappa shape index (κ2) is 7.96. The van der Waals surface area contributed by atoms with Crippen molar-refractivity contribution in [2.75, 3.05) is 31.6 Å². The lowest BCUT2D eigenvalue weighted by Crippen LogP contribution is -2.40. The second-order valence-electron chi connectivity index (χ2n) is 7.05. The van der Waals surface area contributed by atoms with E-state index in [1.165, 1.54) is 12.1 Å². The fourth-order valence-electron chi connectivity index (χ4n) is 3.63. The number of benzene rings is 2. The lowest BCUT2D eigenvalue weighted by molar-refractivity contribution is -0.121. The van der Waals surface area contributed by atoms with E-state index in [0.717, 1.165) is 37.2 Å². The van der Waals surface area contributed by atoms with Crippen LogP contribution < -0.4 is 14.8 Å². The number of hydrogen-bond donors (Lipinski definition) is 1. The van der Waals surface area contributed by atoms with Crippen LogP contribution >= 0.6 is 0 Å². The fraction of sp³-hybridized carbons (Fsp3) is 0.381. The number of halogens is 1. The Hall–Kier alpha value is -2.60. The average molecular weight is 370 g/mol. The molecule has 0 bridgehead atoms. The molecule has 1 saturated heterocycles. The Morgan fingerprint density at radius 3 is 2.70 bits per heavy atom. The highest BCUT2D eigenvalue weighted by Crippen LogP contribution is 2.33. The molecule has 1 atom stereocenters. The van der Waals surface area contributed by atoms with Gasteiger partial charge < -0.3 is 14.8 Å². The van der Waals surface area contributed by atoms with Gasteiger partial charge in [0.2, 0.25) is 5.91 Å². The van der Waals surface area contributed by atoms with Gasteiger partial charge in [0.1, 0.15) is 19.0 Å². The number of carbonyl (C=O) groups excluding carboxylic acids is 1. The summed E-state index contributed by atoms with van der Waals surface area (Å²) in [4.78, 5) is 15.0. The van der Waals surface area contributed by atoms with Crippen molar-refractivity contribution in [3.05, 3.63) is 53.8 Å². The topological polar surface area (TPSA) is 50.8 Å². The van der Waals surface area contributed by atoms with E-state index < -0.39 is 0 Å². The molecular formula is C21H23FN2O3. The van der Waals surface area contributed by atoms with Crippen LogP contribution in [0.3, 0.4) is 0 Å². The van der Waals surface area contributed by atoms with E-state index in [-0.39, 0.29) is 17.6 Å². The molecule has 27 heavy (non-hydrogen) atoms. The van der Waals surface area contributed by atoms with Crippen molar-refractivity contribution < 1.29 is 18.7 Å². The number of nitrogens with zero attached hydrogens (tertiary/aromatic N) is 1. The number of amides is 1. The van der Waals surface area contributed by atoms with Crippen LogP contribution in [-0.4, -0.2) is 37.1 Å². The molecule has 0 radical (unpaired) electrons. The van der Waals surface area contributed by atoms with E-state index in [2.05, 4.69) is 10.2 Å². The number of likely N-dealkylation sites (tertiary alicyclic amines) is 1. The molecule has 2 heterocycles. The maximum absolute atomic E-state index is 13.1. The minimum absolute atomic E-state index is 0.0236.